The van der Waals surface area contributed by atoms with Gasteiger partial charge in [0.15, 0.2) is 24.6 Å². The lowest BCUT2D eigenvalue weighted by Gasteiger charge is -2.40. The zero-order valence-corrected chi connectivity index (χ0v) is 50.4. The fourth-order valence-corrected chi connectivity index (χ4v) is 9.70. The van der Waals surface area contributed by atoms with Gasteiger partial charge in [0.2, 0.25) is 0 Å². The largest absolute Gasteiger partial charge is 0.479 e. The third kappa shape index (κ3) is 44.7. The number of carbonyl (C=O) groups excluding carboxylic acids is 3. The van der Waals surface area contributed by atoms with Crippen LogP contribution in [0.25, 0.3) is 0 Å². The predicted octanol–water partition coefficient (Wildman–Crippen LogP) is 17.1. The van der Waals surface area contributed by atoms with Gasteiger partial charge in [0, 0.05) is 19.3 Å². The molecule has 12 nitrogen and oxygen atoms in total. The molecule has 0 saturated carbocycles. The number of esters is 3. The molecule has 0 aromatic carbocycles. The van der Waals surface area contributed by atoms with Crippen molar-refractivity contribution in [1.29, 1.82) is 0 Å². The van der Waals surface area contributed by atoms with Crippen LogP contribution in [0.4, 0.5) is 0 Å². The van der Waals surface area contributed by atoms with Gasteiger partial charge in [-0.15, -0.1) is 0 Å². The Kier molecular flexibility index (Phi) is 51.1. The maximum Gasteiger partial charge on any atom is 0.335 e. The first-order valence-corrected chi connectivity index (χ1v) is 32.3. The van der Waals surface area contributed by atoms with E-state index >= 15 is 0 Å². The van der Waals surface area contributed by atoms with Gasteiger partial charge in [-0.3, -0.25) is 14.4 Å². The van der Waals surface area contributed by atoms with E-state index < -0.39 is 67.3 Å². The zero-order chi connectivity index (χ0) is 57.5. The minimum Gasteiger partial charge on any atom is -0.479 e. The topological polar surface area (TPSA) is 175 Å². The average molecular weight is 1110 g/mol. The highest BCUT2D eigenvalue weighted by atomic mass is 16.7. The van der Waals surface area contributed by atoms with Gasteiger partial charge >= 0.3 is 23.9 Å². The Morgan fingerprint density at radius 1 is 0.430 bits per heavy atom. The molecule has 0 spiro atoms. The van der Waals surface area contributed by atoms with Crippen LogP contribution >= 0.6 is 0 Å². The lowest BCUT2D eigenvalue weighted by Crippen LogP contribution is -2.61. The summed E-state index contributed by atoms with van der Waals surface area (Å²) in [7, 11) is 0. The highest BCUT2D eigenvalue weighted by Crippen LogP contribution is 2.26. The highest BCUT2D eigenvalue weighted by molar-refractivity contribution is 5.74. The molecule has 0 aliphatic carbocycles. The normalized spacial score (nSPS) is 18.2. The molecule has 79 heavy (non-hydrogen) atoms. The van der Waals surface area contributed by atoms with Crippen molar-refractivity contribution >= 4 is 23.9 Å². The van der Waals surface area contributed by atoms with Crippen molar-refractivity contribution in [3.8, 4) is 0 Å². The third-order valence-electron chi connectivity index (χ3n) is 14.6. The molecule has 1 fully saturated rings. The fraction of sp³-hybridized carbons (Fsp3) is 0.791. The summed E-state index contributed by atoms with van der Waals surface area (Å²) in [5.74, 6) is -3.17. The Morgan fingerprint density at radius 2 is 0.797 bits per heavy atom. The number of aliphatic carboxylic acids is 1. The van der Waals surface area contributed by atoms with E-state index in [0.29, 0.717) is 25.7 Å². The number of aliphatic hydroxyl groups is 2. The first-order valence-electron chi connectivity index (χ1n) is 32.3. The van der Waals surface area contributed by atoms with Crippen LogP contribution in [0.5, 0.6) is 0 Å². The second-order valence-electron chi connectivity index (χ2n) is 22.0. The average Bonchev–Trinajstić information content (AvgIpc) is 3.43. The Hall–Kier alpha value is -3.58. The second kappa shape index (κ2) is 55.0. The summed E-state index contributed by atoms with van der Waals surface area (Å²) < 4.78 is 28.5. The molecule has 12 heteroatoms. The molecule has 3 N–H and O–H groups in total. The minimum absolute atomic E-state index is 0.0162. The summed E-state index contributed by atoms with van der Waals surface area (Å²) in [6.45, 7) is 5.90. The highest BCUT2D eigenvalue weighted by Gasteiger charge is 2.50. The molecule has 6 atom stereocenters. The van der Waals surface area contributed by atoms with Crippen molar-refractivity contribution in [3.63, 3.8) is 0 Å². The maximum absolute atomic E-state index is 13.2. The Morgan fingerprint density at radius 3 is 1.20 bits per heavy atom. The van der Waals surface area contributed by atoms with Crippen LogP contribution in [0.1, 0.15) is 290 Å². The number of aliphatic hydroxyl groups excluding tert-OH is 2. The third-order valence-corrected chi connectivity index (χ3v) is 14.6. The van der Waals surface area contributed by atoms with E-state index in [2.05, 4.69) is 69.4 Å². The molecule has 0 amide bonds. The van der Waals surface area contributed by atoms with Crippen LogP contribution in [0, 0.1) is 0 Å². The van der Waals surface area contributed by atoms with Crippen molar-refractivity contribution in [2.75, 3.05) is 13.2 Å². The first kappa shape index (κ1) is 73.4. The number of ether oxygens (including phenoxy) is 5. The SMILES string of the molecule is CC/C=C\C/C=C\C/C=C\C/C=C\C/C=C\CCCC(=O)OC1C(OCC(COC(=O)CCCCCCCCCCCCCCCCCCC)OC(=O)CCCCCCCCCCCCCCCCC)OC(C(=O)O)C(O)C1O. The van der Waals surface area contributed by atoms with Gasteiger partial charge in [-0.25, -0.2) is 4.79 Å². The Balaban J connectivity index is 2.68. The number of hydrogen-bond donors (Lipinski definition) is 3. The van der Waals surface area contributed by atoms with E-state index in [-0.39, 0.29) is 25.9 Å². The Labute approximate surface area is 481 Å². The van der Waals surface area contributed by atoms with E-state index in [1.54, 1.807) is 0 Å². The molecular formula is C67H116O12. The van der Waals surface area contributed by atoms with Gasteiger partial charge in [0.1, 0.15) is 18.8 Å². The zero-order valence-electron chi connectivity index (χ0n) is 50.4. The number of carbonyl (C=O) groups is 4. The van der Waals surface area contributed by atoms with Crippen LogP contribution in [0.2, 0.25) is 0 Å². The van der Waals surface area contributed by atoms with Gasteiger partial charge in [-0.05, 0) is 57.8 Å². The summed E-state index contributed by atoms with van der Waals surface area (Å²) in [5.41, 5.74) is 0. The van der Waals surface area contributed by atoms with Gasteiger partial charge in [-0.2, -0.15) is 0 Å². The lowest BCUT2D eigenvalue weighted by atomic mass is 9.98. The van der Waals surface area contributed by atoms with Crippen molar-refractivity contribution in [3.05, 3.63) is 60.8 Å². The summed E-state index contributed by atoms with van der Waals surface area (Å²) in [6.07, 6.45) is 56.2. The number of hydrogen-bond acceptors (Lipinski definition) is 11. The monoisotopic (exact) mass is 1110 g/mol. The number of carboxylic acid groups (broad SMARTS) is 1. The second-order valence-corrected chi connectivity index (χ2v) is 22.0. The summed E-state index contributed by atoms with van der Waals surface area (Å²) in [6, 6.07) is 0. The van der Waals surface area contributed by atoms with Gasteiger partial charge in [-0.1, -0.05) is 274 Å². The number of unbranched alkanes of at least 4 members (excludes halogenated alkanes) is 31. The number of allylic oxidation sites excluding steroid dienone is 10. The van der Waals surface area contributed by atoms with E-state index in [1.807, 2.05) is 12.2 Å². The maximum atomic E-state index is 13.2. The molecule has 0 radical (unpaired) electrons. The number of rotatable bonds is 55. The van der Waals surface area contributed by atoms with Gasteiger partial charge in [0.25, 0.3) is 0 Å². The predicted molar refractivity (Wildman–Crippen MR) is 322 cm³/mol. The van der Waals surface area contributed by atoms with Crippen molar-refractivity contribution in [2.24, 2.45) is 0 Å². The fourth-order valence-electron chi connectivity index (χ4n) is 9.70. The van der Waals surface area contributed by atoms with Crippen molar-refractivity contribution in [2.45, 2.75) is 327 Å². The molecule has 1 rings (SSSR count). The molecule has 1 heterocycles. The summed E-state index contributed by atoms with van der Waals surface area (Å²) in [4.78, 5) is 51.3. The van der Waals surface area contributed by atoms with Crippen LogP contribution in [-0.2, 0) is 42.9 Å². The van der Waals surface area contributed by atoms with E-state index in [0.717, 1.165) is 70.6 Å². The molecule has 456 valence electrons. The summed E-state index contributed by atoms with van der Waals surface area (Å²) in [5, 5.41) is 31.5. The summed E-state index contributed by atoms with van der Waals surface area (Å²) >= 11 is 0. The molecule has 1 aliphatic rings. The standard InChI is InChI=1S/C67H116O12/c1-4-7-10-13-16-19-22-25-28-30-33-35-38-41-44-47-50-53-59(68)75-56-58(77-60(69)54-51-48-45-42-39-36-32-27-24-21-18-15-12-9-6-3)57-76-67-65(63(72)62(71)64(79-67)66(73)74)78-61(70)55-52-49-46-43-40-37-34-31-29-26-23-20-17-14-11-8-5-2/h8,11,17,20,26,29,34,37,43,46,58,62-65,67,71-72H,4-7,9-10,12-16,18-19,21-25,27-28,30-33,35-36,38-42,44-45,47-57H2,1-3H3,(H,73,74)/b11-8-,20-17-,29-26-,37-34-,46-43-. The quantitative estimate of drug-likeness (QED) is 0.0228. The van der Waals surface area contributed by atoms with Crippen LogP contribution in [0.15, 0.2) is 60.8 Å². The Bertz CT molecular complexity index is 1600. The van der Waals surface area contributed by atoms with Crippen molar-refractivity contribution < 1.29 is 58.2 Å². The molecule has 0 bridgehead atoms. The van der Waals surface area contributed by atoms with E-state index in [9.17, 15) is 34.5 Å². The number of carboxylic acids is 1. The van der Waals surface area contributed by atoms with Gasteiger partial charge < -0.3 is 39.0 Å². The van der Waals surface area contributed by atoms with E-state index in [1.165, 1.54) is 154 Å². The molecular weight excluding hydrogens is 997 g/mol. The molecule has 0 aromatic rings. The van der Waals surface area contributed by atoms with Crippen LogP contribution in [0.3, 0.4) is 0 Å². The van der Waals surface area contributed by atoms with Gasteiger partial charge in [0.05, 0.1) is 6.61 Å². The van der Waals surface area contributed by atoms with Crippen LogP contribution in [-0.4, -0.2) is 89.2 Å². The smallest absolute Gasteiger partial charge is 0.335 e. The minimum atomic E-state index is -1.92. The van der Waals surface area contributed by atoms with Crippen LogP contribution < -0.4 is 0 Å². The molecule has 1 saturated heterocycles. The molecule has 0 aromatic heterocycles. The lowest BCUT2D eigenvalue weighted by molar-refractivity contribution is -0.301. The first-order chi connectivity index (χ1) is 38.6. The molecule has 1 aliphatic heterocycles. The molecule has 6 unspecified atom stereocenters. The van der Waals surface area contributed by atoms with E-state index in [4.69, 9.17) is 23.7 Å². The van der Waals surface area contributed by atoms with Crippen molar-refractivity contribution in [1.82, 2.24) is 0 Å².